The van der Waals surface area contributed by atoms with Crippen LogP contribution in [0.25, 0.3) is 0 Å². The van der Waals surface area contributed by atoms with Crippen LogP contribution in [0.15, 0.2) is 22.2 Å². The molecule has 20 heavy (non-hydrogen) atoms. The van der Waals surface area contributed by atoms with Gasteiger partial charge in [-0.15, -0.1) is 0 Å². The zero-order chi connectivity index (χ0) is 14.5. The summed E-state index contributed by atoms with van der Waals surface area (Å²) in [4.78, 5) is 20.6. The van der Waals surface area contributed by atoms with Crippen molar-refractivity contribution in [3.05, 3.63) is 33.5 Å². The standard InChI is InChI=1S/C13H15BrN4OS/c1-3-4-15-10-5-8(2)16-6-9(10)12(19)18-13-17-7-11(14)20-13/h5-7H,3-4H2,1-2H3,(H,15,16)(H,17,18,19). The van der Waals surface area contributed by atoms with Crippen molar-refractivity contribution in [1.29, 1.82) is 0 Å². The molecule has 0 saturated heterocycles. The Hall–Kier alpha value is -1.47. The minimum absolute atomic E-state index is 0.210. The quantitative estimate of drug-likeness (QED) is 0.859. The molecule has 2 aromatic rings. The van der Waals surface area contributed by atoms with E-state index in [2.05, 4.69) is 43.5 Å². The predicted molar refractivity (Wildman–Crippen MR) is 85.5 cm³/mol. The summed E-state index contributed by atoms with van der Waals surface area (Å²) in [5, 5.41) is 6.58. The molecule has 2 rings (SSSR count). The number of pyridine rings is 1. The summed E-state index contributed by atoms with van der Waals surface area (Å²) in [6.45, 7) is 4.79. The van der Waals surface area contributed by atoms with Crippen molar-refractivity contribution >= 4 is 44.0 Å². The molecule has 7 heteroatoms. The maximum absolute atomic E-state index is 12.3. The lowest BCUT2D eigenvalue weighted by Gasteiger charge is -2.11. The van der Waals surface area contributed by atoms with E-state index in [4.69, 9.17) is 0 Å². The highest BCUT2D eigenvalue weighted by Gasteiger charge is 2.14. The molecule has 0 spiro atoms. The van der Waals surface area contributed by atoms with Gasteiger partial charge < -0.3 is 5.32 Å². The number of hydrogen-bond donors (Lipinski definition) is 2. The first-order chi connectivity index (χ1) is 9.60. The lowest BCUT2D eigenvalue weighted by molar-refractivity contribution is 0.102. The van der Waals surface area contributed by atoms with Crippen molar-refractivity contribution in [2.24, 2.45) is 0 Å². The van der Waals surface area contributed by atoms with Crippen LogP contribution in [0.5, 0.6) is 0 Å². The number of carbonyl (C=O) groups is 1. The molecular formula is C13H15BrN4OS. The van der Waals surface area contributed by atoms with Crippen LogP contribution in [-0.4, -0.2) is 22.4 Å². The maximum atomic E-state index is 12.3. The lowest BCUT2D eigenvalue weighted by atomic mass is 10.2. The number of amides is 1. The highest BCUT2D eigenvalue weighted by Crippen LogP contribution is 2.24. The number of halogens is 1. The van der Waals surface area contributed by atoms with E-state index in [1.54, 1.807) is 12.4 Å². The molecule has 0 aliphatic rings. The van der Waals surface area contributed by atoms with Gasteiger partial charge in [0, 0.05) is 18.4 Å². The van der Waals surface area contributed by atoms with Crippen molar-refractivity contribution in [3.8, 4) is 0 Å². The molecule has 5 nitrogen and oxygen atoms in total. The number of anilines is 2. The van der Waals surface area contributed by atoms with Crippen LogP contribution >= 0.6 is 27.3 Å². The second kappa shape index (κ2) is 6.81. The van der Waals surface area contributed by atoms with Gasteiger partial charge >= 0.3 is 0 Å². The van der Waals surface area contributed by atoms with Gasteiger partial charge in [0.1, 0.15) is 0 Å². The molecule has 0 radical (unpaired) electrons. The Morgan fingerprint density at radius 1 is 1.40 bits per heavy atom. The van der Waals surface area contributed by atoms with Gasteiger partial charge in [0.05, 0.1) is 21.2 Å². The van der Waals surface area contributed by atoms with Gasteiger partial charge in [0.15, 0.2) is 5.13 Å². The van der Waals surface area contributed by atoms with Crippen LogP contribution in [0.4, 0.5) is 10.8 Å². The first-order valence-corrected chi connectivity index (χ1v) is 7.84. The molecule has 106 valence electrons. The average molecular weight is 355 g/mol. The Morgan fingerprint density at radius 2 is 2.20 bits per heavy atom. The average Bonchev–Trinajstić information content (AvgIpc) is 2.81. The molecular weight excluding hydrogens is 340 g/mol. The van der Waals surface area contributed by atoms with E-state index in [0.29, 0.717) is 10.7 Å². The summed E-state index contributed by atoms with van der Waals surface area (Å²) in [6, 6.07) is 1.88. The van der Waals surface area contributed by atoms with Crippen LogP contribution in [0, 0.1) is 6.92 Å². The number of aryl methyl sites for hydroxylation is 1. The van der Waals surface area contributed by atoms with Gasteiger partial charge in [-0.05, 0) is 35.3 Å². The molecule has 2 N–H and O–H groups in total. The molecule has 0 aliphatic heterocycles. The van der Waals surface area contributed by atoms with E-state index in [9.17, 15) is 4.79 Å². The summed E-state index contributed by atoms with van der Waals surface area (Å²) < 4.78 is 0.874. The Kier molecular flexibility index (Phi) is 5.08. The molecule has 0 bridgehead atoms. The number of hydrogen-bond acceptors (Lipinski definition) is 5. The molecule has 0 aliphatic carbocycles. The molecule has 0 aromatic carbocycles. The fourth-order valence-corrected chi connectivity index (χ4v) is 2.72. The number of nitrogens with one attached hydrogen (secondary N) is 2. The second-order valence-electron chi connectivity index (χ2n) is 4.22. The van der Waals surface area contributed by atoms with Gasteiger partial charge in [-0.1, -0.05) is 18.3 Å². The zero-order valence-corrected chi connectivity index (χ0v) is 13.6. The van der Waals surface area contributed by atoms with Crippen LogP contribution in [0.1, 0.15) is 29.4 Å². The lowest BCUT2D eigenvalue weighted by Crippen LogP contribution is -2.15. The van der Waals surface area contributed by atoms with Crippen LogP contribution < -0.4 is 10.6 Å². The number of thiazole rings is 1. The Labute approximate surface area is 130 Å². The minimum atomic E-state index is -0.210. The van der Waals surface area contributed by atoms with Crippen molar-refractivity contribution in [2.45, 2.75) is 20.3 Å². The summed E-state index contributed by atoms with van der Waals surface area (Å²) in [6.07, 6.45) is 4.23. The Bertz CT molecular complexity index is 614. The van der Waals surface area contributed by atoms with E-state index in [1.165, 1.54) is 11.3 Å². The SMILES string of the molecule is CCCNc1cc(C)ncc1C(=O)Nc1ncc(Br)s1. The van der Waals surface area contributed by atoms with Gasteiger partial charge in [-0.3, -0.25) is 15.1 Å². The molecule has 0 atom stereocenters. The van der Waals surface area contributed by atoms with E-state index >= 15 is 0 Å². The first-order valence-electron chi connectivity index (χ1n) is 6.23. The van der Waals surface area contributed by atoms with Crippen LogP contribution in [-0.2, 0) is 0 Å². The Balaban J connectivity index is 2.19. The van der Waals surface area contributed by atoms with E-state index in [-0.39, 0.29) is 5.91 Å². The second-order valence-corrected chi connectivity index (χ2v) is 6.63. The molecule has 0 saturated carbocycles. The largest absolute Gasteiger partial charge is 0.384 e. The number of nitrogens with zero attached hydrogens (tertiary/aromatic N) is 2. The van der Waals surface area contributed by atoms with E-state index in [0.717, 1.165) is 28.1 Å². The topological polar surface area (TPSA) is 66.9 Å². The summed E-state index contributed by atoms with van der Waals surface area (Å²) >= 11 is 4.69. The Morgan fingerprint density at radius 3 is 2.85 bits per heavy atom. The monoisotopic (exact) mass is 354 g/mol. The number of rotatable bonds is 5. The zero-order valence-electron chi connectivity index (χ0n) is 11.2. The minimum Gasteiger partial charge on any atom is -0.384 e. The third-order valence-electron chi connectivity index (χ3n) is 2.55. The third-order valence-corrected chi connectivity index (χ3v) is 3.94. The highest BCUT2D eigenvalue weighted by atomic mass is 79.9. The smallest absolute Gasteiger partial charge is 0.261 e. The van der Waals surface area contributed by atoms with Gasteiger partial charge in [0.25, 0.3) is 5.91 Å². The maximum Gasteiger partial charge on any atom is 0.261 e. The van der Waals surface area contributed by atoms with Crippen LogP contribution in [0.3, 0.4) is 0 Å². The summed E-state index contributed by atoms with van der Waals surface area (Å²) in [5.74, 6) is -0.210. The number of aromatic nitrogens is 2. The molecule has 2 aromatic heterocycles. The fourth-order valence-electron chi connectivity index (χ4n) is 1.62. The number of carbonyl (C=O) groups excluding carboxylic acids is 1. The van der Waals surface area contributed by atoms with Crippen molar-refractivity contribution in [2.75, 3.05) is 17.2 Å². The summed E-state index contributed by atoms with van der Waals surface area (Å²) in [7, 11) is 0. The molecule has 2 heterocycles. The third kappa shape index (κ3) is 3.77. The molecule has 0 unspecified atom stereocenters. The normalized spacial score (nSPS) is 10.3. The van der Waals surface area contributed by atoms with Crippen molar-refractivity contribution in [1.82, 2.24) is 9.97 Å². The van der Waals surface area contributed by atoms with Crippen LogP contribution in [0.2, 0.25) is 0 Å². The van der Waals surface area contributed by atoms with Crippen molar-refractivity contribution in [3.63, 3.8) is 0 Å². The van der Waals surface area contributed by atoms with Gasteiger partial charge in [-0.25, -0.2) is 4.98 Å². The fraction of sp³-hybridized carbons (Fsp3) is 0.308. The first kappa shape index (κ1) is 14.9. The van der Waals surface area contributed by atoms with Crippen molar-refractivity contribution < 1.29 is 4.79 Å². The highest BCUT2D eigenvalue weighted by molar-refractivity contribution is 9.11. The van der Waals surface area contributed by atoms with E-state index < -0.39 is 0 Å². The molecule has 1 amide bonds. The van der Waals surface area contributed by atoms with E-state index in [1.807, 2.05) is 13.0 Å². The molecule has 0 fully saturated rings. The summed E-state index contributed by atoms with van der Waals surface area (Å²) in [5.41, 5.74) is 2.19. The van der Waals surface area contributed by atoms with Gasteiger partial charge in [0.2, 0.25) is 0 Å². The van der Waals surface area contributed by atoms with Gasteiger partial charge in [-0.2, -0.15) is 0 Å². The predicted octanol–water partition coefficient (Wildman–Crippen LogP) is 3.68.